The summed E-state index contributed by atoms with van der Waals surface area (Å²) in [6, 6.07) is 11.5. The van der Waals surface area contributed by atoms with Crippen molar-refractivity contribution >= 4 is 22.1 Å². The Morgan fingerprint density at radius 1 is 1.06 bits per heavy atom. The van der Waals surface area contributed by atoms with Crippen LogP contribution < -0.4 is 4.72 Å². The zero-order valence-electron chi connectivity index (χ0n) is 26.4. The number of aryl methyl sites for hydroxylation is 1. The van der Waals surface area contributed by atoms with E-state index in [4.69, 9.17) is 14.3 Å². The number of esters is 1. The lowest BCUT2D eigenvalue weighted by atomic mass is 10.1. The van der Waals surface area contributed by atoms with E-state index in [0.29, 0.717) is 5.56 Å². The molecule has 0 bridgehead atoms. The van der Waals surface area contributed by atoms with Gasteiger partial charge in [0.2, 0.25) is 5.28 Å². The summed E-state index contributed by atoms with van der Waals surface area (Å²) in [5, 5.41) is 20.3. The minimum absolute atomic E-state index is 0.0505. The van der Waals surface area contributed by atoms with Gasteiger partial charge in [-0.3, -0.25) is 4.79 Å². The molecule has 0 aliphatic carbocycles. The summed E-state index contributed by atoms with van der Waals surface area (Å²) >= 11 is 0. The lowest BCUT2D eigenvalue weighted by molar-refractivity contribution is -0.715. The van der Waals surface area contributed by atoms with Crippen LogP contribution in [-0.2, 0) is 35.3 Å². The van der Waals surface area contributed by atoms with Gasteiger partial charge in [-0.15, -0.1) is 5.01 Å². The van der Waals surface area contributed by atoms with Gasteiger partial charge in [-0.1, -0.05) is 57.5 Å². The van der Waals surface area contributed by atoms with Gasteiger partial charge in [0.15, 0.2) is 5.69 Å². The highest BCUT2D eigenvalue weighted by Gasteiger charge is 2.35. The van der Waals surface area contributed by atoms with E-state index in [1.165, 1.54) is 19.2 Å². The molecule has 0 saturated carbocycles. The molecular weight excluding hydrogens is 649 g/mol. The SMILES string of the molecule is Cc1ccc(-c2cc(C(F)(F)F)nn2-c2ccc(S(=O)(=O)NC(=O)OC[C@H](C(C)C)N(C)[N+]([O-])=NOCOC(=O)C(C)C)cc2)cc1. The fourth-order valence-electron chi connectivity index (χ4n) is 4.01. The molecule has 1 amide bonds. The van der Waals surface area contributed by atoms with Crippen molar-refractivity contribution in [2.75, 3.05) is 20.4 Å². The van der Waals surface area contributed by atoms with Crippen molar-refractivity contribution in [3.05, 3.63) is 71.1 Å². The maximum absolute atomic E-state index is 13.5. The first-order valence-corrected chi connectivity index (χ1v) is 15.6. The number of benzene rings is 2. The van der Waals surface area contributed by atoms with Gasteiger partial charge in [0.05, 0.1) is 34.2 Å². The zero-order valence-corrected chi connectivity index (χ0v) is 27.2. The van der Waals surface area contributed by atoms with E-state index < -0.39 is 59.3 Å². The molecule has 0 unspecified atom stereocenters. The number of carbonyl (C=O) groups is 2. The number of nitrogens with one attached hydrogen (secondary N) is 1. The van der Waals surface area contributed by atoms with Gasteiger partial charge in [-0.05, 0) is 43.2 Å². The van der Waals surface area contributed by atoms with E-state index in [-0.39, 0.29) is 27.2 Å². The number of ether oxygens (including phenoxy) is 2. The molecule has 0 aliphatic heterocycles. The molecule has 256 valence electrons. The smallest absolute Gasteiger partial charge is 0.435 e. The van der Waals surface area contributed by atoms with E-state index in [9.17, 15) is 36.4 Å². The van der Waals surface area contributed by atoms with Gasteiger partial charge in [0.1, 0.15) is 12.6 Å². The number of hydrogen-bond acceptors (Lipinski definition) is 10. The monoisotopic (exact) mass is 684 g/mol. The highest BCUT2D eigenvalue weighted by molar-refractivity contribution is 7.90. The first-order valence-electron chi connectivity index (χ1n) is 14.1. The van der Waals surface area contributed by atoms with Crippen LogP contribution in [0.2, 0.25) is 0 Å². The third-order valence-corrected chi connectivity index (χ3v) is 8.04. The van der Waals surface area contributed by atoms with Crippen LogP contribution in [0.5, 0.6) is 0 Å². The Morgan fingerprint density at radius 3 is 2.23 bits per heavy atom. The average Bonchev–Trinajstić information content (AvgIpc) is 3.45. The highest BCUT2D eigenvalue weighted by atomic mass is 32.2. The summed E-state index contributed by atoms with van der Waals surface area (Å²) in [6.45, 7) is 7.44. The standard InChI is InChI=1S/C29H35F3N6O8S/c1-18(2)25(36(6)38(41)35-46-17-45-27(39)19(3)4)16-44-28(40)34-47(42,43)23-13-11-22(12-14-23)37-24(15-26(33-37)29(30,31)32)21-9-7-20(5)8-10-21/h7-15,18-19,25H,16-17H2,1-6H3,(H,34,40)/t25-/m1/s1. The number of nitrogens with zero attached hydrogens (tertiary/aromatic N) is 5. The summed E-state index contributed by atoms with van der Waals surface area (Å²) in [6.07, 6.45) is -6.07. The predicted octanol–water partition coefficient (Wildman–Crippen LogP) is 5.20. The van der Waals surface area contributed by atoms with Crippen LogP contribution in [-0.4, -0.2) is 66.7 Å². The summed E-state index contributed by atoms with van der Waals surface area (Å²) in [5.74, 6) is -1.26. The number of hydrogen-bond donors (Lipinski definition) is 1. The topological polar surface area (TPSA) is 167 Å². The molecule has 1 aromatic heterocycles. The second-order valence-corrected chi connectivity index (χ2v) is 12.7. The minimum Gasteiger partial charge on any atom is -0.569 e. The van der Waals surface area contributed by atoms with Crippen LogP contribution in [0.1, 0.15) is 39.0 Å². The first kappa shape index (κ1) is 36.6. The Labute approximate surface area is 269 Å². The van der Waals surface area contributed by atoms with Crippen LogP contribution >= 0.6 is 0 Å². The van der Waals surface area contributed by atoms with E-state index >= 15 is 0 Å². The number of sulfonamides is 1. The van der Waals surface area contributed by atoms with Crippen molar-refractivity contribution in [3.8, 4) is 16.9 Å². The number of rotatable bonds is 13. The number of halogens is 3. The molecule has 0 aliphatic rings. The number of likely N-dealkylation sites (N-methyl/N-ethyl adjacent to an activating group) is 1. The van der Waals surface area contributed by atoms with Crippen molar-refractivity contribution in [3.63, 3.8) is 0 Å². The van der Waals surface area contributed by atoms with Gasteiger partial charge in [0, 0.05) is 5.56 Å². The Kier molecular flexibility index (Phi) is 11.8. The molecule has 1 N–H and O–H groups in total. The normalized spacial score (nSPS) is 13.0. The largest absolute Gasteiger partial charge is 0.569 e. The van der Waals surface area contributed by atoms with Crippen LogP contribution in [0.25, 0.3) is 16.9 Å². The van der Waals surface area contributed by atoms with Crippen molar-refractivity contribution in [1.82, 2.24) is 19.5 Å². The Bertz CT molecular complexity index is 1680. The fraction of sp³-hybridized carbons (Fsp3) is 0.414. The van der Waals surface area contributed by atoms with Gasteiger partial charge in [-0.25, -0.2) is 22.6 Å². The van der Waals surface area contributed by atoms with Crippen LogP contribution in [0.15, 0.2) is 64.8 Å². The van der Waals surface area contributed by atoms with Crippen molar-refractivity contribution in [2.24, 2.45) is 17.1 Å². The van der Waals surface area contributed by atoms with Crippen LogP contribution in [0, 0.1) is 24.0 Å². The molecular formula is C29H35F3N6O8S. The van der Waals surface area contributed by atoms with E-state index in [1.54, 1.807) is 56.7 Å². The molecule has 0 radical (unpaired) electrons. The molecule has 1 atom stereocenters. The first-order chi connectivity index (χ1) is 21.9. The lowest BCUT2D eigenvalue weighted by Crippen LogP contribution is -2.45. The van der Waals surface area contributed by atoms with Crippen molar-refractivity contribution < 1.29 is 50.5 Å². The number of aromatic nitrogens is 2. The number of hydrazine groups is 1. The second-order valence-electron chi connectivity index (χ2n) is 11.0. The Morgan fingerprint density at radius 2 is 1.68 bits per heavy atom. The average molecular weight is 685 g/mol. The molecule has 0 spiro atoms. The fourth-order valence-corrected chi connectivity index (χ4v) is 4.90. The van der Waals surface area contributed by atoms with E-state index in [1.807, 2.05) is 6.92 Å². The Hall–Kier alpha value is -4.87. The predicted molar refractivity (Wildman–Crippen MR) is 160 cm³/mol. The van der Waals surface area contributed by atoms with E-state index in [2.05, 4.69) is 10.4 Å². The van der Waals surface area contributed by atoms with Gasteiger partial charge in [-0.2, -0.15) is 18.3 Å². The molecule has 0 fully saturated rings. The second kappa shape index (κ2) is 15.1. The zero-order chi connectivity index (χ0) is 35.1. The Balaban J connectivity index is 1.69. The molecule has 3 rings (SSSR count). The lowest BCUT2D eigenvalue weighted by Gasteiger charge is -2.26. The molecule has 18 heteroatoms. The molecule has 3 aromatic rings. The third kappa shape index (κ3) is 9.81. The molecule has 2 aromatic carbocycles. The summed E-state index contributed by atoms with van der Waals surface area (Å²) in [5.41, 5.74) is 0.491. The molecule has 1 heterocycles. The van der Waals surface area contributed by atoms with Crippen LogP contribution in [0.3, 0.4) is 0 Å². The quantitative estimate of drug-likeness (QED) is 0.0631. The number of carbonyl (C=O) groups excluding carboxylic acids is 2. The van der Waals surface area contributed by atoms with Crippen LogP contribution in [0.4, 0.5) is 18.0 Å². The summed E-state index contributed by atoms with van der Waals surface area (Å²) < 4.78 is 78.9. The molecule has 14 nitrogen and oxygen atoms in total. The highest BCUT2D eigenvalue weighted by Crippen LogP contribution is 2.33. The van der Waals surface area contributed by atoms with Crippen molar-refractivity contribution in [2.45, 2.75) is 51.7 Å². The maximum atomic E-state index is 13.5. The van der Waals surface area contributed by atoms with E-state index in [0.717, 1.165) is 33.5 Å². The third-order valence-electron chi connectivity index (χ3n) is 6.71. The minimum atomic E-state index is -4.72. The summed E-state index contributed by atoms with van der Waals surface area (Å²) in [7, 11) is -3.15. The van der Waals surface area contributed by atoms with Gasteiger partial charge < -0.3 is 19.5 Å². The maximum Gasteiger partial charge on any atom is 0.435 e. The molecule has 0 saturated heterocycles. The number of amides is 1. The summed E-state index contributed by atoms with van der Waals surface area (Å²) in [4.78, 5) is 28.3. The van der Waals surface area contributed by atoms with Gasteiger partial charge in [0.25, 0.3) is 16.8 Å². The van der Waals surface area contributed by atoms with Gasteiger partial charge >= 0.3 is 18.2 Å². The molecule has 47 heavy (non-hydrogen) atoms. The van der Waals surface area contributed by atoms with Crippen molar-refractivity contribution in [1.29, 1.82) is 0 Å². The number of alkyl halides is 3.